The van der Waals surface area contributed by atoms with Crippen molar-refractivity contribution in [1.82, 2.24) is 15.1 Å². The van der Waals surface area contributed by atoms with E-state index in [0.29, 0.717) is 12.2 Å². The van der Waals surface area contributed by atoms with Gasteiger partial charge in [0.05, 0.1) is 12.8 Å². The molecule has 1 amide bonds. The van der Waals surface area contributed by atoms with Crippen LogP contribution in [0.1, 0.15) is 27.9 Å². The number of carbonyl (C=O) groups is 2. The molecular weight excluding hydrogens is 356 g/mol. The smallest absolute Gasteiger partial charge is 0.358 e. The summed E-state index contributed by atoms with van der Waals surface area (Å²) in [7, 11) is 1.28. The van der Waals surface area contributed by atoms with Crippen LogP contribution in [0.15, 0.2) is 66.7 Å². The summed E-state index contributed by atoms with van der Waals surface area (Å²) < 4.78 is 6.18. The quantitative estimate of drug-likeness (QED) is 0.618. The molecule has 28 heavy (non-hydrogen) atoms. The Morgan fingerprint density at radius 3 is 2.36 bits per heavy atom. The number of amides is 1. The van der Waals surface area contributed by atoms with Gasteiger partial charge in [-0.3, -0.25) is 4.79 Å². The van der Waals surface area contributed by atoms with Crippen LogP contribution in [0.5, 0.6) is 0 Å². The Hall–Kier alpha value is -3.61. The second-order valence-electron chi connectivity index (χ2n) is 6.28. The zero-order valence-electron chi connectivity index (χ0n) is 15.8. The van der Waals surface area contributed by atoms with E-state index in [-0.39, 0.29) is 23.3 Å². The second-order valence-corrected chi connectivity index (χ2v) is 6.28. The summed E-state index contributed by atoms with van der Waals surface area (Å²) in [6.07, 6.45) is 0. The van der Waals surface area contributed by atoms with Gasteiger partial charge in [-0.15, -0.1) is 0 Å². The summed E-state index contributed by atoms with van der Waals surface area (Å²) in [5.41, 5.74) is 1.99. The first-order valence-electron chi connectivity index (χ1n) is 8.92. The molecular formula is C21H22N4O3. The van der Waals surface area contributed by atoms with Gasteiger partial charge in [-0.25, -0.2) is 9.48 Å². The van der Waals surface area contributed by atoms with Gasteiger partial charge in [0, 0.05) is 24.3 Å². The third kappa shape index (κ3) is 4.56. The molecule has 1 atom stereocenters. The fraction of sp³-hybridized carbons (Fsp3) is 0.190. The lowest BCUT2D eigenvalue weighted by Gasteiger charge is -2.16. The monoisotopic (exact) mass is 378 g/mol. The number of benzene rings is 2. The maximum atomic E-state index is 12.8. The van der Waals surface area contributed by atoms with Crippen molar-refractivity contribution in [2.45, 2.75) is 13.0 Å². The highest BCUT2D eigenvalue weighted by Crippen LogP contribution is 2.14. The highest BCUT2D eigenvalue weighted by Gasteiger charge is 2.21. The van der Waals surface area contributed by atoms with Crippen molar-refractivity contribution < 1.29 is 14.3 Å². The van der Waals surface area contributed by atoms with Crippen LogP contribution in [0, 0.1) is 0 Å². The summed E-state index contributed by atoms with van der Waals surface area (Å²) in [6, 6.07) is 20.2. The average Bonchev–Trinajstić information content (AvgIpc) is 3.19. The number of hydrogen-bond acceptors (Lipinski definition) is 5. The van der Waals surface area contributed by atoms with E-state index in [0.717, 1.165) is 5.69 Å². The Morgan fingerprint density at radius 1 is 1.07 bits per heavy atom. The lowest BCUT2D eigenvalue weighted by Crippen LogP contribution is -2.38. The molecule has 0 spiro atoms. The van der Waals surface area contributed by atoms with Gasteiger partial charge in [0.2, 0.25) is 0 Å². The van der Waals surface area contributed by atoms with Gasteiger partial charge in [-0.1, -0.05) is 36.4 Å². The topological polar surface area (TPSA) is 85.3 Å². The number of hydrogen-bond donors (Lipinski definition) is 2. The number of rotatable bonds is 7. The number of aromatic nitrogens is 2. The van der Waals surface area contributed by atoms with Crippen LogP contribution in [0.4, 0.5) is 5.69 Å². The predicted molar refractivity (Wildman–Crippen MR) is 107 cm³/mol. The molecule has 0 fully saturated rings. The zero-order chi connectivity index (χ0) is 19.9. The lowest BCUT2D eigenvalue weighted by molar-refractivity contribution is 0.0593. The van der Waals surface area contributed by atoms with Gasteiger partial charge in [0.1, 0.15) is 5.69 Å². The Labute approximate surface area is 163 Å². The molecule has 144 valence electrons. The molecule has 3 rings (SSSR count). The molecule has 1 heterocycles. The largest absolute Gasteiger partial charge is 0.464 e. The van der Waals surface area contributed by atoms with Gasteiger partial charge in [-0.05, 0) is 31.2 Å². The van der Waals surface area contributed by atoms with E-state index in [1.807, 2.05) is 67.6 Å². The van der Waals surface area contributed by atoms with Gasteiger partial charge in [0.15, 0.2) is 5.69 Å². The van der Waals surface area contributed by atoms with E-state index < -0.39 is 5.97 Å². The van der Waals surface area contributed by atoms with E-state index in [2.05, 4.69) is 15.7 Å². The molecule has 7 nitrogen and oxygen atoms in total. The standard InChI is InChI=1S/C21H22N4O3/c1-15(14-22-16-9-5-3-6-10-16)23-20(26)19-13-18(21(27)28-2)24-25(19)17-11-7-4-8-12-17/h3-13,15,22H,14H2,1-2H3,(H,23,26). The number of nitrogens with one attached hydrogen (secondary N) is 2. The molecule has 1 unspecified atom stereocenters. The molecule has 0 aliphatic carbocycles. The third-order valence-electron chi connectivity index (χ3n) is 4.10. The fourth-order valence-electron chi connectivity index (χ4n) is 2.69. The maximum Gasteiger partial charge on any atom is 0.358 e. The maximum absolute atomic E-state index is 12.8. The van der Waals surface area contributed by atoms with E-state index in [1.54, 1.807) is 0 Å². The summed E-state index contributed by atoms with van der Waals surface area (Å²) in [5, 5.41) is 10.4. The first-order chi connectivity index (χ1) is 13.6. The van der Waals surface area contributed by atoms with Crippen molar-refractivity contribution in [3.63, 3.8) is 0 Å². The molecule has 0 radical (unpaired) electrons. The summed E-state index contributed by atoms with van der Waals surface area (Å²) >= 11 is 0. The number of esters is 1. The van der Waals surface area contributed by atoms with Gasteiger partial charge >= 0.3 is 5.97 Å². The van der Waals surface area contributed by atoms with Gasteiger partial charge in [0.25, 0.3) is 5.91 Å². The number of para-hydroxylation sites is 2. The number of nitrogens with zero attached hydrogens (tertiary/aromatic N) is 2. The predicted octanol–water partition coefficient (Wildman–Crippen LogP) is 2.89. The number of carbonyl (C=O) groups excluding carboxylic acids is 2. The van der Waals surface area contributed by atoms with Crippen LogP contribution < -0.4 is 10.6 Å². The highest BCUT2D eigenvalue weighted by atomic mass is 16.5. The number of anilines is 1. The molecule has 0 aliphatic rings. The highest BCUT2D eigenvalue weighted by molar-refractivity contribution is 5.96. The minimum Gasteiger partial charge on any atom is -0.464 e. The lowest BCUT2D eigenvalue weighted by atomic mass is 10.2. The summed E-state index contributed by atoms with van der Waals surface area (Å²) in [6.45, 7) is 2.46. The Morgan fingerprint density at radius 2 is 1.71 bits per heavy atom. The Bertz CT molecular complexity index is 939. The van der Waals surface area contributed by atoms with Crippen molar-refractivity contribution in [3.8, 4) is 5.69 Å². The van der Waals surface area contributed by atoms with Crippen LogP contribution in [0.25, 0.3) is 5.69 Å². The Kier molecular flexibility index (Phi) is 6.06. The average molecular weight is 378 g/mol. The Balaban J connectivity index is 1.76. The normalized spacial score (nSPS) is 11.5. The van der Waals surface area contributed by atoms with E-state index in [1.165, 1.54) is 17.9 Å². The molecule has 0 bridgehead atoms. The van der Waals surface area contributed by atoms with E-state index >= 15 is 0 Å². The van der Waals surface area contributed by atoms with Crippen molar-refractivity contribution in [1.29, 1.82) is 0 Å². The SMILES string of the molecule is COC(=O)c1cc(C(=O)NC(C)CNc2ccccc2)n(-c2ccccc2)n1. The molecule has 3 aromatic rings. The van der Waals surface area contributed by atoms with Gasteiger partial charge in [-0.2, -0.15) is 5.10 Å². The minimum absolute atomic E-state index is 0.0755. The first kappa shape index (κ1) is 19.2. The van der Waals surface area contributed by atoms with Crippen LogP contribution in [0.3, 0.4) is 0 Å². The van der Waals surface area contributed by atoms with Crippen molar-refractivity contribution in [2.24, 2.45) is 0 Å². The summed E-state index contributed by atoms with van der Waals surface area (Å²) in [4.78, 5) is 24.7. The molecule has 7 heteroatoms. The van der Waals surface area contributed by atoms with Gasteiger partial charge < -0.3 is 15.4 Å². The van der Waals surface area contributed by atoms with Crippen LogP contribution in [-0.2, 0) is 4.74 Å². The molecule has 2 N–H and O–H groups in total. The van der Waals surface area contributed by atoms with Crippen molar-refractivity contribution >= 4 is 17.6 Å². The first-order valence-corrected chi connectivity index (χ1v) is 8.92. The molecule has 1 aromatic heterocycles. The minimum atomic E-state index is -0.595. The van der Waals surface area contributed by atoms with Crippen molar-refractivity contribution in [3.05, 3.63) is 78.1 Å². The van der Waals surface area contributed by atoms with Crippen LogP contribution >= 0.6 is 0 Å². The number of ether oxygens (including phenoxy) is 1. The van der Waals surface area contributed by atoms with Crippen LogP contribution in [0.2, 0.25) is 0 Å². The molecule has 0 saturated heterocycles. The molecule has 0 aliphatic heterocycles. The number of methoxy groups -OCH3 is 1. The van der Waals surface area contributed by atoms with E-state index in [9.17, 15) is 9.59 Å². The molecule has 2 aromatic carbocycles. The third-order valence-corrected chi connectivity index (χ3v) is 4.10. The second kappa shape index (κ2) is 8.85. The van der Waals surface area contributed by atoms with Crippen LogP contribution in [-0.4, -0.2) is 41.4 Å². The molecule has 0 saturated carbocycles. The fourth-order valence-corrected chi connectivity index (χ4v) is 2.69. The summed E-state index contributed by atoms with van der Waals surface area (Å²) in [5.74, 6) is -0.920. The van der Waals surface area contributed by atoms with E-state index in [4.69, 9.17) is 4.74 Å². The zero-order valence-corrected chi connectivity index (χ0v) is 15.8. The van der Waals surface area contributed by atoms with Crippen molar-refractivity contribution in [2.75, 3.05) is 19.0 Å².